The molecule has 0 unspecified atom stereocenters. The van der Waals surface area contributed by atoms with E-state index >= 15 is 0 Å². The molecule has 0 radical (unpaired) electrons. The van der Waals surface area contributed by atoms with Gasteiger partial charge in [0.2, 0.25) is 0 Å². The number of carbonyl (C=O) groups excluding carboxylic acids is 2. The van der Waals surface area contributed by atoms with Crippen molar-refractivity contribution in [2.24, 2.45) is 0 Å². The second kappa shape index (κ2) is 11.1. The first-order chi connectivity index (χ1) is 12.9. The van der Waals surface area contributed by atoms with Crippen molar-refractivity contribution < 1.29 is 24.9 Å². The molecule has 0 spiro atoms. The zero-order valence-electron chi connectivity index (χ0n) is 15.4. The summed E-state index contributed by atoms with van der Waals surface area (Å²) in [5, 5.41) is 32.3. The number of aliphatic hydroxyl groups is 3. The van der Waals surface area contributed by atoms with Crippen molar-refractivity contribution in [3.05, 3.63) is 35.4 Å². The molecule has 0 bridgehead atoms. The minimum atomic E-state index is -0.977. The van der Waals surface area contributed by atoms with Crippen molar-refractivity contribution in [3.8, 4) is 23.7 Å². The number of benzene rings is 1. The minimum Gasteiger partial charge on any atom is -0.395 e. The van der Waals surface area contributed by atoms with Gasteiger partial charge in [0.15, 0.2) is 5.78 Å². The molecule has 5 N–H and O–H groups in total. The van der Waals surface area contributed by atoms with Crippen LogP contribution >= 0.6 is 0 Å². The molecule has 0 saturated carbocycles. The van der Waals surface area contributed by atoms with E-state index in [1.54, 1.807) is 38.1 Å². The van der Waals surface area contributed by atoms with Crippen LogP contribution in [-0.2, 0) is 4.79 Å². The van der Waals surface area contributed by atoms with Crippen LogP contribution in [0.2, 0.25) is 0 Å². The molecule has 0 heterocycles. The highest BCUT2D eigenvalue weighted by atomic mass is 16.3. The zero-order valence-corrected chi connectivity index (χ0v) is 15.4. The molecule has 1 atom stereocenters. The van der Waals surface area contributed by atoms with Crippen molar-refractivity contribution in [2.75, 3.05) is 26.4 Å². The highest BCUT2D eigenvalue weighted by Crippen LogP contribution is 2.12. The Morgan fingerprint density at radius 3 is 2.33 bits per heavy atom. The molecule has 1 aromatic rings. The third-order valence-electron chi connectivity index (χ3n) is 3.75. The standard InChI is InChI=1S/C20H24N2O5/c1-20(2,21-11-13-24)18(17(26)14-25)22-19(27)16-9-7-15(8-10-16)6-4-3-5-12-23/h7-10,18,21,23-25H,11-14H2,1-2H3,(H,22,27)/t18-/m1/s1. The molecule has 0 saturated heterocycles. The van der Waals surface area contributed by atoms with Crippen LogP contribution in [0.5, 0.6) is 0 Å². The number of nitrogens with one attached hydrogen (secondary N) is 2. The molecule has 0 aromatic heterocycles. The van der Waals surface area contributed by atoms with Crippen LogP contribution in [0.4, 0.5) is 0 Å². The second-order valence-electron chi connectivity index (χ2n) is 6.19. The topological polar surface area (TPSA) is 119 Å². The highest BCUT2D eigenvalue weighted by Gasteiger charge is 2.35. The van der Waals surface area contributed by atoms with Gasteiger partial charge in [0, 0.05) is 23.2 Å². The second-order valence-corrected chi connectivity index (χ2v) is 6.19. The first-order valence-corrected chi connectivity index (χ1v) is 8.35. The van der Waals surface area contributed by atoms with Crippen LogP contribution in [-0.4, -0.2) is 65.0 Å². The molecular formula is C20H24N2O5. The van der Waals surface area contributed by atoms with Crippen LogP contribution in [0.15, 0.2) is 24.3 Å². The molecule has 27 heavy (non-hydrogen) atoms. The van der Waals surface area contributed by atoms with E-state index in [4.69, 9.17) is 10.2 Å². The molecule has 1 rings (SSSR count). The van der Waals surface area contributed by atoms with Gasteiger partial charge in [-0.05, 0) is 50.0 Å². The highest BCUT2D eigenvalue weighted by molar-refractivity contribution is 5.98. The Bertz CT molecular complexity index is 764. The van der Waals surface area contributed by atoms with E-state index in [1.165, 1.54) is 0 Å². The number of Topliss-reactive ketones (excluding diaryl/α,β-unsaturated/α-hetero) is 1. The summed E-state index contributed by atoms with van der Waals surface area (Å²) in [5.41, 5.74) is 0.108. The number of hydrogen-bond acceptors (Lipinski definition) is 6. The first-order valence-electron chi connectivity index (χ1n) is 8.35. The monoisotopic (exact) mass is 372 g/mol. The number of β-amino-alcohol motifs (C(OH)–C–C–N with tert-alkyl or cyclic N) is 1. The predicted octanol–water partition coefficient (Wildman–Crippen LogP) is -0.946. The normalized spacial score (nSPS) is 11.4. The summed E-state index contributed by atoms with van der Waals surface area (Å²) in [5.74, 6) is 9.22. The minimum absolute atomic E-state index is 0.122. The fraction of sp³-hybridized carbons (Fsp3) is 0.400. The fourth-order valence-corrected chi connectivity index (χ4v) is 2.34. The Morgan fingerprint density at radius 1 is 1.11 bits per heavy atom. The van der Waals surface area contributed by atoms with E-state index < -0.39 is 29.9 Å². The van der Waals surface area contributed by atoms with E-state index in [1.807, 2.05) is 0 Å². The van der Waals surface area contributed by atoms with Gasteiger partial charge in [-0.25, -0.2) is 0 Å². The lowest BCUT2D eigenvalue weighted by Crippen LogP contribution is -2.61. The lowest BCUT2D eigenvalue weighted by molar-refractivity contribution is -0.125. The maximum absolute atomic E-state index is 12.5. The fourth-order valence-electron chi connectivity index (χ4n) is 2.34. The largest absolute Gasteiger partial charge is 0.395 e. The summed E-state index contributed by atoms with van der Waals surface area (Å²) in [4.78, 5) is 24.6. The Morgan fingerprint density at radius 2 is 1.78 bits per heavy atom. The zero-order chi connectivity index (χ0) is 20.3. The number of rotatable bonds is 8. The summed E-state index contributed by atoms with van der Waals surface area (Å²) in [6.07, 6.45) is 0. The maximum Gasteiger partial charge on any atom is 0.251 e. The van der Waals surface area contributed by atoms with Crippen LogP contribution < -0.4 is 10.6 Å². The summed E-state index contributed by atoms with van der Waals surface area (Å²) in [6, 6.07) is 5.43. The van der Waals surface area contributed by atoms with Gasteiger partial charge in [-0.3, -0.25) is 9.59 Å². The molecule has 144 valence electrons. The summed E-state index contributed by atoms with van der Waals surface area (Å²) in [7, 11) is 0. The quantitative estimate of drug-likeness (QED) is 0.376. The third-order valence-corrected chi connectivity index (χ3v) is 3.75. The molecule has 7 heteroatoms. The molecule has 0 fully saturated rings. The van der Waals surface area contributed by atoms with Gasteiger partial charge in [-0.2, -0.15) is 0 Å². The van der Waals surface area contributed by atoms with Crippen LogP contribution in [0.1, 0.15) is 29.8 Å². The smallest absolute Gasteiger partial charge is 0.251 e. The number of hydrogen-bond donors (Lipinski definition) is 5. The van der Waals surface area contributed by atoms with Crippen molar-refractivity contribution in [1.82, 2.24) is 10.6 Å². The Kier molecular flexibility index (Phi) is 9.21. The Labute approximate surface area is 158 Å². The molecule has 0 aliphatic rings. The number of ketones is 1. The number of aliphatic hydroxyl groups excluding tert-OH is 3. The van der Waals surface area contributed by atoms with Crippen molar-refractivity contribution in [1.29, 1.82) is 0 Å². The number of amides is 1. The predicted molar refractivity (Wildman–Crippen MR) is 101 cm³/mol. The van der Waals surface area contributed by atoms with Crippen molar-refractivity contribution >= 4 is 11.7 Å². The lowest BCUT2D eigenvalue weighted by Gasteiger charge is -2.34. The molecular weight excluding hydrogens is 348 g/mol. The van der Waals surface area contributed by atoms with E-state index in [2.05, 4.69) is 34.3 Å². The van der Waals surface area contributed by atoms with Gasteiger partial charge < -0.3 is 26.0 Å². The Hall–Kier alpha value is -2.68. The third kappa shape index (κ3) is 7.22. The first kappa shape index (κ1) is 22.4. The molecule has 0 aliphatic heterocycles. The van der Waals surface area contributed by atoms with Gasteiger partial charge in [-0.1, -0.05) is 11.8 Å². The van der Waals surface area contributed by atoms with Crippen LogP contribution in [0, 0.1) is 23.7 Å². The van der Waals surface area contributed by atoms with Gasteiger partial charge in [-0.15, -0.1) is 0 Å². The van der Waals surface area contributed by atoms with E-state index in [0.717, 1.165) is 0 Å². The average molecular weight is 372 g/mol. The van der Waals surface area contributed by atoms with E-state index in [9.17, 15) is 14.7 Å². The van der Waals surface area contributed by atoms with E-state index in [-0.39, 0.29) is 19.8 Å². The number of carbonyl (C=O) groups is 2. The lowest BCUT2D eigenvalue weighted by atomic mass is 9.90. The van der Waals surface area contributed by atoms with Gasteiger partial charge >= 0.3 is 0 Å². The summed E-state index contributed by atoms with van der Waals surface area (Å²) in [6.45, 7) is 2.55. The van der Waals surface area contributed by atoms with Crippen LogP contribution in [0.3, 0.4) is 0 Å². The summed E-state index contributed by atoms with van der Waals surface area (Å²) >= 11 is 0. The van der Waals surface area contributed by atoms with Gasteiger partial charge in [0.25, 0.3) is 5.91 Å². The maximum atomic E-state index is 12.5. The van der Waals surface area contributed by atoms with E-state index in [0.29, 0.717) is 11.1 Å². The molecule has 0 aliphatic carbocycles. The average Bonchev–Trinajstić information content (AvgIpc) is 2.67. The summed E-state index contributed by atoms with van der Waals surface area (Å²) < 4.78 is 0. The van der Waals surface area contributed by atoms with Gasteiger partial charge in [0.1, 0.15) is 19.3 Å². The van der Waals surface area contributed by atoms with Gasteiger partial charge in [0.05, 0.1) is 6.61 Å². The van der Waals surface area contributed by atoms with Crippen LogP contribution in [0.25, 0.3) is 0 Å². The molecule has 7 nitrogen and oxygen atoms in total. The molecule has 1 amide bonds. The van der Waals surface area contributed by atoms with Crippen molar-refractivity contribution in [3.63, 3.8) is 0 Å². The Balaban J connectivity index is 2.91. The van der Waals surface area contributed by atoms with Crippen molar-refractivity contribution in [2.45, 2.75) is 25.4 Å². The SMILES string of the molecule is CC(C)(NCCO)[C@H](NC(=O)c1ccc(C#CC#CCO)cc1)C(=O)CO. The molecule has 1 aromatic carbocycles.